The number of rotatable bonds is 5. The van der Waals surface area contributed by atoms with Crippen molar-refractivity contribution in [2.75, 3.05) is 6.54 Å². The Morgan fingerprint density at radius 2 is 2.14 bits per heavy atom. The maximum absolute atomic E-state index is 13.4. The standard InChI is InChI=1S/C14H16F2N4O/c1-9(2)20-8-18-19-13(20)5-6-17-14(21)11-7-10(15)3-4-12(11)16/h3-4,7-9H,5-6H2,1-2H3,(H,17,21). The predicted octanol–water partition coefficient (Wildman–Crippen LogP) is 2.11. The summed E-state index contributed by atoms with van der Waals surface area (Å²) in [6.45, 7) is 4.25. The van der Waals surface area contributed by atoms with Gasteiger partial charge >= 0.3 is 0 Å². The molecule has 1 amide bonds. The second-order valence-electron chi connectivity index (χ2n) is 4.88. The van der Waals surface area contributed by atoms with E-state index in [1.165, 1.54) is 0 Å². The zero-order valence-electron chi connectivity index (χ0n) is 11.8. The fourth-order valence-corrected chi connectivity index (χ4v) is 1.93. The third-order valence-corrected chi connectivity index (χ3v) is 3.01. The predicted molar refractivity (Wildman–Crippen MR) is 72.8 cm³/mol. The molecule has 21 heavy (non-hydrogen) atoms. The van der Waals surface area contributed by atoms with Crippen molar-refractivity contribution in [2.24, 2.45) is 0 Å². The molecule has 1 heterocycles. The summed E-state index contributed by atoms with van der Waals surface area (Å²) in [7, 11) is 0. The van der Waals surface area contributed by atoms with Crippen molar-refractivity contribution in [1.29, 1.82) is 0 Å². The molecular weight excluding hydrogens is 278 g/mol. The van der Waals surface area contributed by atoms with Crippen LogP contribution in [0, 0.1) is 11.6 Å². The van der Waals surface area contributed by atoms with Crippen LogP contribution >= 0.6 is 0 Å². The number of hydrogen-bond donors (Lipinski definition) is 1. The molecule has 0 unspecified atom stereocenters. The molecule has 0 aliphatic carbocycles. The third kappa shape index (κ3) is 3.62. The van der Waals surface area contributed by atoms with Gasteiger partial charge in [-0.05, 0) is 32.0 Å². The van der Waals surface area contributed by atoms with Gasteiger partial charge in [0.1, 0.15) is 23.8 Å². The van der Waals surface area contributed by atoms with Gasteiger partial charge in [0.05, 0.1) is 5.56 Å². The van der Waals surface area contributed by atoms with E-state index in [9.17, 15) is 13.6 Å². The first-order valence-corrected chi connectivity index (χ1v) is 6.60. The fourth-order valence-electron chi connectivity index (χ4n) is 1.93. The first-order valence-electron chi connectivity index (χ1n) is 6.60. The molecule has 0 radical (unpaired) electrons. The summed E-state index contributed by atoms with van der Waals surface area (Å²) in [6.07, 6.45) is 2.08. The highest BCUT2D eigenvalue weighted by Crippen LogP contribution is 2.10. The molecule has 0 aliphatic rings. The maximum Gasteiger partial charge on any atom is 0.254 e. The molecular formula is C14H16F2N4O. The van der Waals surface area contributed by atoms with Crippen LogP contribution in [0.15, 0.2) is 24.5 Å². The Morgan fingerprint density at radius 3 is 2.86 bits per heavy atom. The van der Waals surface area contributed by atoms with Crippen molar-refractivity contribution in [1.82, 2.24) is 20.1 Å². The number of carbonyl (C=O) groups excluding carboxylic acids is 1. The van der Waals surface area contributed by atoms with E-state index in [0.29, 0.717) is 6.42 Å². The summed E-state index contributed by atoms with van der Waals surface area (Å²) in [4.78, 5) is 11.8. The number of halogens is 2. The molecule has 5 nitrogen and oxygen atoms in total. The van der Waals surface area contributed by atoms with Crippen molar-refractivity contribution >= 4 is 5.91 Å². The molecule has 0 bridgehead atoms. The van der Waals surface area contributed by atoms with E-state index in [0.717, 1.165) is 24.0 Å². The van der Waals surface area contributed by atoms with Gasteiger partial charge in [-0.15, -0.1) is 10.2 Å². The molecule has 1 aromatic heterocycles. The lowest BCUT2D eigenvalue weighted by Crippen LogP contribution is -2.27. The van der Waals surface area contributed by atoms with Crippen LogP contribution in [0.1, 0.15) is 36.1 Å². The van der Waals surface area contributed by atoms with Crippen LogP contribution in [-0.2, 0) is 6.42 Å². The summed E-state index contributed by atoms with van der Waals surface area (Å²) in [5.41, 5.74) is -0.305. The van der Waals surface area contributed by atoms with Crippen LogP contribution in [0.4, 0.5) is 8.78 Å². The van der Waals surface area contributed by atoms with Crippen molar-refractivity contribution in [3.8, 4) is 0 Å². The minimum absolute atomic E-state index is 0.214. The Labute approximate surface area is 121 Å². The number of hydrogen-bond acceptors (Lipinski definition) is 3. The van der Waals surface area contributed by atoms with Crippen LogP contribution in [0.5, 0.6) is 0 Å². The highest BCUT2D eigenvalue weighted by molar-refractivity contribution is 5.94. The average molecular weight is 294 g/mol. The summed E-state index contributed by atoms with van der Waals surface area (Å²) in [6, 6.07) is 2.99. The van der Waals surface area contributed by atoms with Gasteiger partial charge in [0.2, 0.25) is 0 Å². The molecule has 0 spiro atoms. The zero-order chi connectivity index (χ0) is 15.4. The van der Waals surface area contributed by atoms with Gasteiger partial charge in [0, 0.05) is 19.0 Å². The number of carbonyl (C=O) groups is 1. The van der Waals surface area contributed by atoms with Crippen molar-refractivity contribution in [3.63, 3.8) is 0 Å². The normalized spacial score (nSPS) is 10.9. The first-order chi connectivity index (χ1) is 9.99. The zero-order valence-corrected chi connectivity index (χ0v) is 11.8. The Morgan fingerprint density at radius 1 is 1.38 bits per heavy atom. The van der Waals surface area contributed by atoms with E-state index in [-0.39, 0.29) is 18.2 Å². The Bertz CT molecular complexity index is 640. The van der Waals surface area contributed by atoms with E-state index in [1.54, 1.807) is 6.33 Å². The van der Waals surface area contributed by atoms with Gasteiger partial charge in [-0.3, -0.25) is 4.79 Å². The largest absolute Gasteiger partial charge is 0.351 e. The van der Waals surface area contributed by atoms with Gasteiger partial charge < -0.3 is 9.88 Å². The van der Waals surface area contributed by atoms with Crippen molar-refractivity contribution in [2.45, 2.75) is 26.3 Å². The number of amides is 1. The summed E-state index contributed by atoms with van der Waals surface area (Å²) >= 11 is 0. The number of nitrogens with zero attached hydrogens (tertiary/aromatic N) is 3. The Kier molecular flexibility index (Phi) is 4.62. The minimum Gasteiger partial charge on any atom is -0.351 e. The second-order valence-corrected chi connectivity index (χ2v) is 4.88. The molecule has 0 atom stereocenters. The Balaban J connectivity index is 1.95. The highest BCUT2D eigenvalue weighted by atomic mass is 19.1. The van der Waals surface area contributed by atoms with Crippen LogP contribution in [0.3, 0.4) is 0 Å². The number of benzene rings is 1. The van der Waals surface area contributed by atoms with E-state index in [4.69, 9.17) is 0 Å². The lowest BCUT2D eigenvalue weighted by atomic mass is 10.2. The number of aromatic nitrogens is 3. The maximum atomic E-state index is 13.4. The molecule has 1 N–H and O–H groups in total. The first kappa shape index (κ1) is 15.1. The molecule has 112 valence electrons. The average Bonchev–Trinajstić information content (AvgIpc) is 2.90. The molecule has 0 saturated carbocycles. The van der Waals surface area contributed by atoms with E-state index in [2.05, 4.69) is 15.5 Å². The van der Waals surface area contributed by atoms with E-state index < -0.39 is 17.5 Å². The van der Waals surface area contributed by atoms with Crippen LogP contribution in [0.2, 0.25) is 0 Å². The van der Waals surface area contributed by atoms with Gasteiger partial charge in [-0.2, -0.15) is 0 Å². The van der Waals surface area contributed by atoms with Crippen molar-refractivity contribution in [3.05, 3.63) is 47.5 Å². The molecule has 0 fully saturated rings. The molecule has 7 heteroatoms. The smallest absolute Gasteiger partial charge is 0.254 e. The lowest BCUT2D eigenvalue weighted by molar-refractivity contribution is 0.0949. The van der Waals surface area contributed by atoms with Gasteiger partial charge in [-0.1, -0.05) is 0 Å². The quantitative estimate of drug-likeness (QED) is 0.918. The molecule has 0 aliphatic heterocycles. The number of nitrogens with one attached hydrogen (secondary N) is 1. The van der Waals surface area contributed by atoms with Crippen molar-refractivity contribution < 1.29 is 13.6 Å². The second kappa shape index (κ2) is 6.43. The molecule has 2 rings (SSSR count). The third-order valence-electron chi connectivity index (χ3n) is 3.01. The van der Waals surface area contributed by atoms with Gasteiger partial charge in [0.15, 0.2) is 0 Å². The van der Waals surface area contributed by atoms with Crippen LogP contribution in [0.25, 0.3) is 0 Å². The summed E-state index contributed by atoms with van der Waals surface area (Å²) < 4.78 is 28.3. The molecule has 1 aromatic carbocycles. The monoisotopic (exact) mass is 294 g/mol. The van der Waals surface area contributed by atoms with E-state index >= 15 is 0 Å². The van der Waals surface area contributed by atoms with Crippen LogP contribution < -0.4 is 5.32 Å². The molecule has 2 aromatic rings. The summed E-state index contributed by atoms with van der Waals surface area (Å²) in [5.74, 6) is -1.33. The van der Waals surface area contributed by atoms with Crippen LogP contribution in [-0.4, -0.2) is 27.2 Å². The lowest BCUT2D eigenvalue weighted by Gasteiger charge is -2.10. The fraction of sp³-hybridized carbons (Fsp3) is 0.357. The van der Waals surface area contributed by atoms with Gasteiger partial charge in [-0.25, -0.2) is 8.78 Å². The highest BCUT2D eigenvalue weighted by Gasteiger charge is 2.13. The van der Waals surface area contributed by atoms with Gasteiger partial charge in [0.25, 0.3) is 5.91 Å². The SMILES string of the molecule is CC(C)n1cnnc1CCNC(=O)c1cc(F)ccc1F. The topological polar surface area (TPSA) is 59.8 Å². The summed E-state index contributed by atoms with van der Waals surface area (Å²) in [5, 5.41) is 10.3. The minimum atomic E-state index is -0.751. The Hall–Kier alpha value is -2.31. The molecule has 0 saturated heterocycles. The van der Waals surface area contributed by atoms with E-state index in [1.807, 2.05) is 18.4 Å².